The predicted octanol–water partition coefficient (Wildman–Crippen LogP) is 4.31. The van der Waals surface area contributed by atoms with Crippen LogP contribution in [0.1, 0.15) is 70.7 Å². The number of carbonyl (C=O) groups is 2. The van der Waals surface area contributed by atoms with Crippen LogP contribution in [0.3, 0.4) is 0 Å². The lowest BCUT2D eigenvalue weighted by Gasteiger charge is -1.99. The maximum Gasteiger partial charge on any atom is 0.248 e. The van der Waals surface area contributed by atoms with Gasteiger partial charge >= 0.3 is 0 Å². The quantitative estimate of drug-likeness (QED) is 0.854. The number of amides is 1. The highest BCUT2D eigenvalue weighted by Crippen LogP contribution is 2.24. The van der Waals surface area contributed by atoms with Crippen LogP contribution in [-0.4, -0.2) is 16.8 Å². The van der Waals surface area contributed by atoms with Gasteiger partial charge in [0.05, 0.1) is 0 Å². The molecule has 0 saturated heterocycles. The zero-order valence-electron chi connectivity index (χ0n) is 14.6. The fraction of sp³-hybridized carbons (Fsp3) is 0.556. The Kier molecular flexibility index (Phi) is 14.4. The molecule has 0 heterocycles. The minimum Gasteiger partial charge on any atom is -0.508 e. The molecule has 0 spiro atoms. The molecule has 0 unspecified atom stereocenters. The van der Waals surface area contributed by atoms with E-state index in [0.29, 0.717) is 17.3 Å². The van der Waals surface area contributed by atoms with E-state index in [2.05, 4.69) is 0 Å². The second kappa shape index (κ2) is 14.1. The SMILES string of the molecule is CC.CC.CC(=O)C1CCCC1.NC(=O)c1cccc(O)c1. The number of carbonyl (C=O) groups excluding carboxylic acids is 2. The molecule has 1 aromatic carbocycles. The first-order chi connectivity index (χ1) is 10.5. The highest BCUT2D eigenvalue weighted by Gasteiger charge is 2.18. The Morgan fingerprint density at radius 1 is 1.09 bits per heavy atom. The fourth-order valence-electron chi connectivity index (χ4n) is 1.99. The Morgan fingerprint density at radius 3 is 1.86 bits per heavy atom. The van der Waals surface area contributed by atoms with Crippen molar-refractivity contribution >= 4 is 11.7 Å². The molecule has 1 aromatic rings. The summed E-state index contributed by atoms with van der Waals surface area (Å²) in [6.07, 6.45) is 4.83. The summed E-state index contributed by atoms with van der Waals surface area (Å²) < 4.78 is 0. The molecule has 0 aliphatic heterocycles. The predicted molar refractivity (Wildman–Crippen MR) is 92.0 cm³/mol. The number of rotatable bonds is 2. The molecular formula is C18H31NO3. The number of nitrogens with two attached hydrogens (primary N) is 1. The van der Waals surface area contributed by atoms with E-state index in [1.165, 1.54) is 25.0 Å². The smallest absolute Gasteiger partial charge is 0.248 e. The van der Waals surface area contributed by atoms with Crippen molar-refractivity contribution in [2.75, 3.05) is 0 Å². The van der Waals surface area contributed by atoms with E-state index < -0.39 is 5.91 Å². The van der Waals surface area contributed by atoms with Crippen molar-refractivity contribution in [2.24, 2.45) is 11.7 Å². The monoisotopic (exact) mass is 309 g/mol. The fourth-order valence-corrected chi connectivity index (χ4v) is 1.99. The summed E-state index contributed by atoms with van der Waals surface area (Å²) >= 11 is 0. The van der Waals surface area contributed by atoms with Crippen LogP contribution in [0, 0.1) is 5.92 Å². The summed E-state index contributed by atoms with van der Waals surface area (Å²) in [6.45, 7) is 9.70. The van der Waals surface area contributed by atoms with Crippen molar-refractivity contribution < 1.29 is 14.7 Å². The van der Waals surface area contributed by atoms with E-state index in [1.807, 2.05) is 27.7 Å². The number of hydrogen-bond acceptors (Lipinski definition) is 3. The van der Waals surface area contributed by atoms with Crippen LogP contribution in [0.5, 0.6) is 5.75 Å². The number of phenolic OH excluding ortho intramolecular Hbond substituents is 1. The molecule has 4 nitrogen and oxygen atoms in total. The van der Waals surface area contributed by atoms with Gasteiger partial charge in [0.15, 0.2) is 0 Å². The molecule has 1 aliphatic rings. The molecular weight excluding hydrogens is 278 g/mol. The van der Waals surface area contributed by atoms with Crippen molar-refractivity contribution in [3.63, 3.8) is 0 Å². The van der Waals surface area contributed by atoms with E-state index >= 15 is 0 Å². The topological polar surface area (TPSA) is 80.4 Å². The van der Waals surface area contributed by atoms with Crippen molar-refractivity contribution in [1.82, 2.24) is 0 Å². The van der Waals surface area contributed by atoms with Crippen molar-refractivity contribution in [3.8, 4) is 5.75 Å². The summed E-state index contributed by atoms with van der Waals surface area (Å²) in [6, 6.07) is 5.91. The zero-order chi connectivity index (χ0) is 17.5. The molecule has 0 atom stereocenters. The maximum atomic E-state index is 10.6. The molecule has 1 aliphatic carbocycles. The van der Waals surface area contributed by atoms with Gasteiger partial charge in [-0.3, -0.25) is 9.59 Å². The lowest BCUT2D eigenvalue weighted by molar-refractivity contribution is -0.120. The number of phenols is 1. The van der Waals surface area contributed by atoms with Crippen LogP contribution in [0.15, 0.2) is 24.3 Å². The molecule has 4 heteroatoms. The van der Waals surface area contributed by atoms with E-state index in [4.69, 9.17) is 10.8 Å². The molecule has 1 saturated carbocycles. The number of Topliss-reactive ketones (excluding diaryl/α,β-unsaturated/α-hetero) is 1. The van der Waals surface area contributed by atoms with Gasteiger partial charge in [-0.2, -0.15) is 0 Å². The first-order valence-electron chi connectivity index (χ1n) is 8.10. The molecule has 1 amide bonds. The summed E-state index contributed by atoms with van der Waals surface area (Å²) in [5.41, 5.74) is 5.25. The van der Waals surface area contributed by atoms with Gasteiger partial charge in [-0.1, -0.05) is 46.6 Å². The third-order valence-electron chi connectivity index (χ3n) is 3.06. The normalized spacial score (nSPS) is 12.6. The lowest BCUT2D eigenvalue weighted by atomic mass is 10.0. The first kappa shape index (κ1) is 22.4. The van der Waals surface area contributed by atoms with Gasteiger partial charge in [0.2, 0.25) is 5.91 Å². The minimum atomic E-state index is -0.532. The average Bonchev–Trinajstić information content (AvgIpc) is 3.06. The molecule has 3 N–H and O–H groups in total. The van der Waals surface area contributed by atoms with Crippen LogP contribution >= 0.6 is 0 Å². The number of primary amides is 1. The molecule has 0 aromatic heterocycles. The Labute approximate surface area is 134 Å². The second-order valence-electron chi connectivity index (χ2n) is 4.51. The summed E-state index contributed by atoms with van der Waals surface area (Å²) in [4.78, 5) is 21.1. The number of benzene rings is 1. The lowest BCUT2D eigenvalue weighted by Crippen LogP contribution is -2.10. The summed E-state index contributed by atoms with van der Waals surface area (Å²) in [5.74, 6) is 0.338. The van der Waals surface area contributed by atoms with Crippen LogP contribution in [0.4, 0.5) is 0 Å². The molecule has 0 radical (unpaired) electrons. The van der Waals surface area contributed by atoms with E-state index in [9.17, 15) is 9.59 Å². The van der Waals surface area contributed by atoms with Crippen molar-refractivity contribution in [2.45, 2.75) is 60.3 Å². The van der Waals surface area contributed by atoms with Gasteiger partial charge in [0, 0.05) is 11.5 Å². The van der Waals surface area contributed by atoms with Crippen LogP contribution in [-0.2, 0) is 4.79 Å². The number of ketones is 1. The Balaban J connectivity index is 0. The van der Waals surface area contributed by atoms with Gasteiger partial charge in [-0.05, 0) is 38.0 Å². The third kappa shape index (κ3) is 9.97. The maximum absolute atomic E-state index is 10.6. The molecule has 22 heavy (non-hydrogen) atoms. The Hall–Kier alpha value is -1.84. The van der Waals surface area contributed by atoms with Gasteiger partial charge in [-0.15, -0.1) is 0 Å². The summed E-state index contributed by atoms with van der Waals surface area (Å²) in [7, 11) is 0. The second-order valence-corrected chi connectivity index (χ2v) is 4.51. The van der Waals surface area contributed by atoms with Crippen molar-refractivity contribution in [1.29, 1.82) is 0 Å². The zero-order valence-corrected chi connectivity index (χ0v) is 14.6. The minimum absolute atomic E-state index is 0.0521. The van der Waals surface area contributed by atoms with E-state index in [1.54, 1.807) is 19.1 Å². The largest absolute Gasteiger partial charge is 0.508 e. The summed E-state index contributed by atoms with van der Waals surface area (Å²) in [5, 5.41) is 8.85. The van der Waals surface area contributed by atoms with Gasteiger partial charge < -0.3 is 10.8 Å². The van der Waals surface area contributed by atoms with Gasteiger partial charge in [-0.25, -0.2) is 0 Å². The Morgan fingerprint density at radius 2 is 1.59 bits per heavy atom. The average molecular weight is 309 g/mol. The third-order valence-corrected chi connectivity index (χ3v) is 3.06. The van der Waals surface area contributed by atoms with Gasteiger partial charge in [0.1, 0.15) is 11.5 Å². The highest BCUT2D eigenvalue weighted by molar-refractivity contribution is 5.93. The molecule has 126 valence electrons. The molecule has 0 bridgehead atoms. The standard InChI is InChI=1S/C7H7NO2.C7H12O.2C2H6/c8-7(10)5-2-1-3-6(9)4-5;1-6(8)7-4-2-3-5-7;2*1-2/h1-4,9H,(H2,8,10);7H,2-5H2,1H3;2*1-2H3. The number of hydrogen-bond donors (Lipinski definition) is 2. The Bertz CT molecular complexity index is 424. The van der Waals surface area contributed by atoms with Crippen LogP contribution in [0.25, 0.3) is 0 Å². The van der Waals surface area contributed by atoms with Crippen molar-refractivity contribution in [3.05, 3.63) is 29.8 Å². The van der Waals surface area contributed by atoms with Gasteiger partial charge in [0.25, 0.3) is 0 Å². The van der Waals surface area contributed by atoms with E-state index in [-0.39, 0.29) is 5.75 Å². The highest BCUT2D eigenvalue weighted by atomic mass is 16.3. The van der Waals surface area contributed by atoms with Crippen LogP contribution in [0.2, 0.25) is 0 Å². The number of aromatic hydroxyl groups is 1. The molecule has 2 rings (SSSR count). The van der Waals surface area contributed by atoms with E-state index in [0.717, 1.165) is 12.8 Å². The first-order valence-corrected chi connectivity index (χ1v) is 8.10. The molecule has 1 fully saturated rings. The van der Waals surface area contributed by atoms with Crippen LogP contribution < -0.4 is 5.73 Å².